The van der Waals surface area contributed by atoms with Gasteiger partial charge in [-0.25, -0.2) is 8.42 Å². The van der Waals surface area contributed by atoms with Gasteiger partial charge in [0, 0.05) is 15.5 Å². The van der Waals surface area contributed by atoms with Gasteiger partial charge in [-0.2, -0.15) is 0 Å². The van der Waals surface area contributed by atoms with Crippen molar-refractivity contribution >= 4 is 65.7 Å². The lowest BCUT2D eigenvalue weighted by Crippen LogP contribution is -2.16. The van der Waals surface area contributed by atoms with E-state index in [1.54, 1.807) is 30.3 Å². The number of hydrogen-bond donors (Lipinski definition) is 2. The molecular weight excluding hydrogens is 502 g/mol. The highest BCUT2D eigenvalue weighted by molar-refractivity contribution is 9.10. The molecule has 6 nitrogen and oxygen atoms in total. The molecule has 0 aliphatic heterocycles. The van der Waals surface area contributed by atoms with Crippen LogP contribution in [0.5, 0.6) is 0 Å². The molecule has 1 amide bonds. The Balaban J connectivity index is 1.60. The molecule has 1 aromatic heterocycles. The Bertz CT molecular complexity index is 1390. The van der Waals surface area contributed by atoms with E-state index < -0.39 is 15.9 Å². The summed E-state index contributed by atoms with van der Waals surface area (Å²) in [6, 6.07) is 20.0. The van der Waals surface area contributed by atoms with Crippen LogP contribution in [0.2, 0.25) is 5.02 Å². The van der Waals surface area contributed by atoms with Crippen molar-refractivity contribution in [3.63, 3.8) is 0 Å². The summed E-state index contributed by atoms with van der Waals surface area (Å²) in [6.45, 7) is 0. The number of carbonyl (C=O) groups excluding carboxylic acids is 1. The molecule has 0 radical (unpaired) electrons. The molecular formula is C22H15BrClN3O3S. The van der Waals surface area contributed by atoms with Crippen LogP contribution in [-0.2, 0) is 10.0 Å². The topological polar surface area (TPSA) is 88.2 Å². The van der Waals surface area contributed by atoms with Gasteiger partial charge < -0.3 is 5.32 Å². The summed E-state index contributed by atoms with van der Waals surface area (Å²) in [5.41, 5.74) is 1.67. The van der Waals surface area contributed by atoms with E-state index in [2.05, 4.69) is 31.0 Å². The SMILES string of the molecule is O=C(Nc1ccc(Br)cc1)c1cc(S(=O)(=O)Nc2cnc3ccccc3c2)ccc1Cl. The van der Waals surface area contributed by atoms with Gasteiger partial charge in [-0.3, -0.25) is 14.5 Å². The Morgan fingerprint density at radius 2 is 1.68 bits per heavy atom. The van der Waals surface area contributed by atoms with E-state index >= 15 is 0 Å². The van der Waals surface area contributed by atoms with Crippen molar-refractivity contribution in [3.05, 3.63) is 94.1 Å². The van der Waals surface area contributed by atoms with Crippen molar-refractivity contribution in [3.8, 4) is 0 Å². The highest BCUT2D eigenvalue weighted by Crippen LogP contribution is 2.25. The molecule has 4 rings (SSSR count). The van der Waals surface area contributed by atoms with E-state index in [4.69, 9.17) is 11.6 Å². The van der Waals surface area contributed by atoms with E-state index in [1.165, 1.54) is 24.4 Å². The minimum Gasteiger partial charge on any atom is -0.322 e. The van der Waals surface area contributed by atoms with Gasteiger partial charge >= 0.3 is 0 Å². The lowest BCUT2D eigenvalue weighted by molar-refractivity contribution is 0.102. The number of halogens is 2. The average Bonchev–Trinajstić information content (AvgIpc) is 2.75. The number of benzene rings is 3. The highest BCUT2D eigenvalue weighted by Gasteiger charge is 2.19. The lowest BCUT2D eigenvalue weighted by Gasteiger charge is -2.11. The van der Waals surface area contributed by atoms with Gasteiger partial charge in [-0.1, -0.05) is 45.7 Å². The number of rotatable bonds is 5. The summed E-state index contributed by atoms with van der Waals surface area (Å²) in [5, 5.41) is 3.64. The zero-order valence-corrected chi connectivity index (χ0v) is 19.0. The zero-order valence-electron chi connectivity index (χ0n) is 15.8. The van der Waals surface area contributed by atoms with Crippen molar-refractivity contribution in [2.24, 2.45) is 0 Å². The first kappa shape index (κ1) is 21.3. The van der Waals surface area contributed by atoms with E-state index in [1.807, 2.05) is 24.3 Å². The maximum Gasteiger partial charge on any atom is 0.261 e. The van der Waals surface area contributed by atoms with Gasteiger partial charge in [0.25, 0.3) is 15.9 Å². The molecule has 0 aliphatic carbocycles. The molecule has 0 spiro atoms. The number of anilines is 2. The largest absolute Gasteiger partial charge is 0.322 e. The van der Waals surface area contributed by atoms with E-state index in [9.17, 15) is 13.2 Å². The van der Waals surface area contributed by atoms with Crippen LogP contribution in [0.1, 0.15) is 10.4 Å². The average molecular weight is 517 g/mol. The van der Waals surface area contributed by atoms with Gasteiger partial charge in [-0.15, -0.1) is 0 Å². The molecule has 0 atom stereocenters. The first-order valence-corrected chi connectivity index (χ1v) is 11.7. The molecule has 4 aromatic rings. The number of amides is 1. The molecule has 0 bridgehead atoms. The Hall–Kier alpha value is -2.94. The van der Waals surface area contributed by atoms with Crippen LogP contribution in [-0.4, -0.2) is 19.3 Å². The second-order valence-corrected chi connectivity index (χ2v) is 9.63. The second-order valence-electron chi connectivity index (χ2n) is 6.62. The fraction of sp³-hybridized carbons (Fsp3) is 0. The Morgan fingerprint density at radius 1 is 0.935 bits per heavy atom. The fourth-order valence-electron chi connectivity index (χ4n) is 2.92. The van der Waals surface area contributed by atoms with Crippen LogP contribution in [0.4, 0.5) is 11.4 Å². The van der Waals surface area contributed by atoms with Gasteiger partial charge in [0.05, 0.1) is 32.9 Å². The van der Waals surface area contributed by atoms with Gasteiger partial charge in [0.15, 0.2) is 0 Å². The van der Waals surface area contributed by atoms with Crippen LogP contribution in [0.25, 0.3) is 10.9 Å². The molecule has 0 saturated carbocycles. The molecule has 0 aliphatic rings. The summed E-state index contributed by atoms with van der Waals surface area (Å²) in [7, 11) is -3.97. The number of hydrogen-bond acceptors (Lipinski definition) is 4. The van der Waals surface area contributed by atoms with Gasteiger partial charge in [0.2, 0.25) is 0 Å². The number of sulfonamides is 1. The molecule has 1 heterocycles. The zero-order chi connectivity index (χ0) is 22.0. The molecule has 0 fully saturated rings. The van der Waals surface area contributed by atoms with Crippen molar-refractivity contribution in [1.29, 1.82) is 0 Å². The third kappa shape index (κ3) is 4.87. The smallest absolute Gasteiger partial charge is 0.261 e. The Kier molecular flexibility index (Phi) is 5.95. The number of aromatic nitrogens is 1. The third-order valence-corrected chi connectivity index (χ3v) is 6.67. The first-order valence-electron chi connectivity index (χ1n) is 9.06. The maximum absolute atomic E-state index is 12.9. The number of pyridine rings is 1. The van der Waals surface area contributed by atoms with Crippen LogP contribution >= 0.6 is 27.5 Å². The Morgan fingerprint density at radius 3 is 2.45 bits per heavy atom. The molecule has 2 N–H and O–H groups in total. The molecule has 31 heavy (non-hydrogen) atoms. The van der Waals surface area contributed by atoms with Gasteiger partial charge in [-0.05, 0) is 54.6 Å². The first-order chi connectivity index (χ1) is 14.8. The number of para-hydroxylation sites is 1. The van der Waals surface area contributed by atoms with Crippen LogP contribution in [0.3, 0.4) is 0 Å². The minimum absolute atomic E-state index is 0.0455. The predicted molar refractivity (Wildman–Crippen MR) is 126 cm³/mol. The summed E-state index contributed by atoms with van der Waals surface area (Å²) in [6.07, 6.45) is 1.44. The normalized spacial score (nSPS) is 11.3. The molecule has 156 valence electrons. The third-order valence-electron chi connectivity index (χ3n) is 4.44. The molecule has 9 heteroatoms. The van der Waals surface area contributed by atoms with E-state index in [0.29, 0.717) is 11.4 Å². The number of fused-ring (bicyclic) bond motifs is 1. The fourth-order valence-corrected chi connectivity index (χ4v) is 4.45. The standard InChI is InChI=1S/C22H15BrClN3O3S/c23-15-5-7-16(8-6-15)26-22(28)19-12-18(9-10-20(19)24)31(29,30)27-17-11-14-3-1-2-4-21(14)25-13-17/h1-13,27H,(H,26,28). The quantitative estimate of drug-likeness (QED) is 0.356. The molecule has 3 aromatic carbocycles. The van der Waals surface area contributed by atoms with E-state index in [0.717, 1.165) is 15.4 Å². The van der Waals surface area contributed by atoms with Crippen molar-refractivity contribution in [1.82, 2.24) is 4.98 Å². The summed E-state index contributed by atoms with van der Waals surface area (Å²) >= 11 is 9.49. The van der Waals surface area contributed by atoms with E-state index in [-0.39, 0.29) is 15.5 Å². The minimum atomic E-state index is -3.97. The van der Waals surface area contributed by atoms with Crippen molar-refractivity contribution in [2.45, 2.75) is 4.90 Å². The number of nitrogens with one attached hydrogen (secondary N) is 2. The summed E-state index contributed by atoms with van der Waals surface area (Å²) in [5.74, 6) is -0.517. The molecule has 0 unspecified atom stereocenters. The maximum atomic E-state index is 12.9. The number of nitrogens with zero attached hydrogens (tertiary/aromatic N) is 1. The summed E-state index contributed by atoms with van der Waals surface area (Å²) in [4.78, 5) is 16.8. The summed E-state index contributed by atoms with van der Waals surface area (Å²) < 4.78 is 29.2. The van der Waals surface area contributed by atoms with Crippen molar-refractivity contribution in [2.75, 3.05) is 10.0 Å². The van der Waals surface area contributed by atoms with Crippen LogP contribution in [0.15, 0.2) is 88.4 Å². The Labute approximate surface area is 192 Å². The molecule has 0 saturated heterocycles. The monoisotopic (exact) mass is 515 g/mol. The van der Waals surface area contributed by atoms with Crippen LogP contribution in [0, 0.1) is 0 Å². The second kappa shape index (κ2) is 8.66. The lowest BCUT2D eigenvalue weighted by atomic mass is 10.2. The van der Waals surface area contributed by atoms with Crippen molar-refractivity contribution < 1.29 is 13.2 Å². The predicted octanol–water partition coefficient (Wildman–Crippen LogP) is 5.70. The number of carbonyl (C=O) groups is 1. The van der Waals surface area contributed by atoms with Gasteiger partial charge in [0.1, 0.15) is 0 Å². The van der Waals surface area contributed by atoms with Crippen LogP contribution < -0.4 is 10.0 Å². The highest BCUT2D eigenvalue weighted by atomic mass is 79.9.